The van der Waals surface area contributed by atoms with E-state index in [1.54, 1.807) is 11.9 Å². The van der Waals surface area contributed by atoms with E-state index < -0.39 is 29.3 Å². The molecule has 2 aliphatic rings. The monoisotopic (exact) mass is 428 g/mol. The van der Waals surface area contributed by atoms with Gasteiger partial charge < -0.3 is 9.64 Å². The van der Waals surface area contributed by atoms with Gasteiger partial charge in [0.1, 0.15) is 23.4 Å². The molecule has 1 heterocycles. The van der Waals surface area contributed by atoms with E-state index in [1.807, 2.05) is 30.3 Å². The van der Waals surface area contributed by atoms with Crippen LogP contribution in [0.15, 0.2) is 48.5 Å². The number of amides is 2. The van der Waals surface area contributed by atoms with E-state index in [9.17, 15) is 18.4 Å². The number of ether oxygens (including phenoxy) is 1. The Hall–Kier alpha value is -2.80. The van der Waals surface area contributed by atoms with Crippen LogP contribution in [-0.2, 0) is 16.1 Å². The van der Waals surface area contributed by atoms with E-state index in [0.717, 1.165) is 43.0 Å². The van der Waals surface area contributed by atoms with Crippen molar-refractivity contribution in [1.82, 2.24) is 9.80 Å². The maximum atomic E-state index is 13.8. The Balaban J connectivity index is 1.64. The van der Waals surface area contributed by atoms with Crippen LogP contribution in [-0.4, -0.2) is 47.0 Å². The highest BCUT2D eigenvalue weighted by molar-refractivity contribution is 5.98. The molecule has 2 aromatic carbocycles. The lowest BCUT2D eigenvalue weighted by molar-refractivity contribution is -0.136. The van der Waals surface area contributed by atoms with Crippen LogP contribution in [0.4, 0.5) is 8.78 Å². The third-order valence-corrected chi connectivity index (χ3v) is 6.15. The minimum atomic E-state index is -0.911. The lowest BCUT2D eigenvalue weighted by atomic mass is 9.89. The Morgan fingerprint density at radius 1 is 1.06 bits per heavy atom. The number of carbonyl (C=O) groups excluding carboxylic acids is 2. The first-order valence-electron chi connectivity index (χ1n) is 10.6. The molecule has 1 spiro atoms. The predicted octanol–water partition coefficient (Wildman–Crippen LogP) is 4.12. The van der Waals surface area contributed by atoms with Crippen molar-refractivity contribution in [3.8, 4) is 0 Å². The van der Waals surface area contributed by atoms with Crippen LogP contribution in [0.5, 0.6) is 0 Å². The van der Waals surface area contributed by atoms with Crippen molar-refractivity contribution in [2.45, 2.75) is 50.4 Å². The van der Waals surface area contributed by atoms with Crippen LogP contribution < -0.4 is 0 Å². The van der Waals surface area contributed by atoms with E-state index in [2.05, 4.69) is 0 Å². The molecule has 0 aromatic heterocycles. The van der Waals surface area contributed by atoms with Gasteiger partial charge in [-0.3, -0.25) is 14.5 Å². The fourth-order valence-electron chi connectivity index (χ4n) is 4.67. The van der Waals surface area contributed by atoms with Crippen molar-refractivity contribution in [2.75, 3.05) is 13.7 Å². The second-order valence-corrected chi connectivity index (χ2v) is 8.35. The highest BCUT2D eigenvalue weighted by Gasteiger charge is 2.53. The minimum Gasteiger partial charge on any atom is -0.353 e. The number of nitrogens with zero attached hydrogens (tertiary/aromatic N) is 2. The van der Waals surface area contributed by atoms with Gasteiger partial charge in [-0.2, -0.15) is 0 Å². The van der Waals surface area contributed by atoms with E-state index in [0.29, 0.717) is 19.4 Å². The number of benzene rings is 2. The molecule has 1 saturated carbocycles. The summed E-state index contributed by atoms with van der Waals surface area (Å²) in [5.41, 5.74) is -0.0577. The smallest absolute Gasteiger partial charge is 0.257 e. The zero-order chi connectivity index (χ0) is 22.0. The minimum absolute atomic E-state index is 0.0709. The summed E-state index contributed by atoms with van der Waals surface area (Å²) in [5, 5.41) is 0. The molecule has 2 fully saturated rings. The summed E-state index contributed by atoms with van der Waals surface area (Å²) in [6, 6.07) is 11.5. The molecule has 1 aliphatic heterocycles. The highest BCUT2D eigenvalue weighted by atomic mass is 19.1. The molecule has 2 amide bonds. The van der Waals surface area contributed by atoms with E-state index in [-0.39, 0.29) is 18.1 Å². The van der Waals surface area contributed by atoms with Crippen molar-refractivity contribution >= 4 is 11.8 Å². The SMILES string of the molecule is CN(Cc1ccccc1)C(=O)C1COC2(CCCCC2)N1C(=O)c1cc(F)cc(F)c1. The number of hydrogen-bond acceptors (Lipinski definition) is 3. The maximum absolute atomic E-state index is 13.8. The summed E-state index contributed by atoms with van der Waals surface area (Å²) in [6.45, 7) is 0.460. The van der Waals surface area contributed by atoms with Crippen LogP contribution in [0, 0.1) is 11.6 Å². The van der Waals surface area contributed by atoms with Crippen molar-refractivity contribution in [3.63, 3.8) is 0 Å². The number of carbonyl (C=O) groups is 2. The largest absolute Gasteiger partial charge is 0.353 e. The molecule has 31 heavy (non-hydrogen) atoms. The van der Waals surface area contributed by atoms with Gasteiger partial charge in [-0.1, -0.05) is 36.8 Å². The maximum Gasteiger partial charge on any atom is 0.257 e. The van der Waals surface area contributed by atoms with Crippen molar-refractivity contribution in [2.24, 2.45) is 0 Å². The molecule has 0 radical (unpaired) electrons. The van der Waals surface area contributed by atoms with Gasteiger partial charge >= 0.3 is 0 Å². The van der Waals surface area contributed by atoms with Crippen LogP contribution in [0.25, 0.3) is 0 Å². The molecule has 0 N–H and O–H groups in total. The summed E-state index contributed by atoms with van der Waals surface area (Å²) in [7, 11) is 1.69. The van der Waals surface area contributed by atoms with Gasteiger partial charge in [0, 0.05) is 25.2 Å². The first-order chi connectivity index (χ1) is 14.9. The molecule has 2 aromatic rings. The van der Waals surface area contributed by atoms with Gasteiger partial charge in [0.05, 0.1) is 6.61 Å². The van der Waals surface area contributed by atoms with E-state index in [1.165, 1.54) is 4.90 Å². The molecule has 1 atom stereocenters. The number of hydrogen-bond donors (Lipinski definition) is 0. The second-order valence-electron chi connectivity index (χ2n) is 8.35. The van der Waals surface area contributed by atoms with Crippen molar-refractivity contribution < 1.29 is 23.1 Å². The quantitative estimate of drug-likeness (QED) is 0.736. The lowest BCUT2D eigenvalue weighted by Gasteiger charge is -2.42. The zero-order valence-electron chi connectivity index (χ0n) is 17.5. The first kappa shape index (κ1) is 21.4. The molecule has 4 rings (SSSR count). The predicted molar refractivity (Wildman–Crippen MR) is 111 cm³/mol. The summed E-state index contributed by atoms with van der Waals surface area (Å²) in [5.74, 6) is -2.49. The fourth-order valence-corrected chi connectivity index (χ4v) is 4.67. The molecule has 1 unspecified atom stereocenters. The Kier molecular flexibility index (Phi) is 6.05. The summed E-state index contributed by atoms with van der Waals surface area (Å²) >= 11 is 0. The van der Waals surface area contributed by atoms with Gasteiger partial charge in [-0.25, -0.2) is 8.78 Å². The van der Waals surface area contributed by atoms with E-state index >= 15 is 0 Å². The molecule has 0 bridgehead atoms. The standard InChI is InChI=1S/C24H26F2N2O3/c1-27(15-17-8-4-2-5-9-17)23(30)21-16-31-24(10-6-3-7-11-24)28(21)22(29)18-12-19(25)14-20(26)13-18/h2,4-5,8-9,12-14,21H,3,6-7,10-11,15-16H2,1H3. The second kappa shape index (κ2) is 8.75. The Bertz CT molecular complexity index is 940. The van der Waals surface area contributed by atoms with E-state index in [4.69, 9.17) is 4.74 Å². The lowest BCUT2D eigenvalue weighted by Crippen LogP contribution is -2.56. The normalized spacial score (nSPS) is 20.1. The Labute approximate surface area is 180 Å². The number of halogens is 2. The molecule has 7 heteroatoms. The van der Waals surface area contributed by atoms with Crippen LogP contribution >= 0.6 is 0 Å². The molecule has 5 nitrogen and oxygen atoms in total. The molecule has 1 aliphatic carbocycles. The molecular weight excluding hydrogens is 402 g/mol. The van der Waals surface area contributed by atoms with Crippen molar-refractivity contribution in [3.05, 3.63) is 71.3 Å². The van der Waals surface area contributed by atoms with Gasteiger partial charge in [0.25, 0.3) is 5.91 Å². The Morgan fingerprint density at radius 3 is 2.35 bits per heavy atom. The van der Waals surface area contributed by atoms with Crippen molar-refractivity contribution in [1.29, 1.82) is 0 Å². The summed E-state index contributed by atoms with van der Waals surface area (Å²) in [4.78, 5) is 29.8. The third-order valence-electron chi connectivity index (χ3n) is 6.15. The van der Waals surface area contributed by atoms with Crippen LogP contribution in [0.3, 0.4) is 0 Å². The number of rotatable bonds is 4. The topological polar surface area (TPSA) is 49.9 Å². The third kappa shape index (κ3) is 4.32. The van der Waals surface area contributed by atoms with Crippen LogP contribution in [0.1, 0.15) is 48.0 Å². The van der Waals surface area contributed by atoms with Gasteiger partial charge in [-0.15, -0.1) is 0 Å². The van der Waals surface area contributed by atoms with Gasteiger partial charge in [0.15, 0.2) is 0 Å². The average Bonchev–Trinajstić information content (AvgIpc) is 3.11. The first-order valence-corrected chi connectivity index (χ1v) is 10.6. The van der Waals surface area contributed by atoms with Crippen LogP contribution in [0.2, 0.25) is 0 Å². The fraction of sp³-hybridized carbons (Fsp3) is 0.417. The molecular formula is C24H26F2N2O3. The summed E-state index contributed by atoms with van der Waals surface area (Å²) in [6.07, 6.45) is 3.95. The van der Waals surface area contributed by atoms with Gasteiger partial charge in [0.2, 0.25) is 5.91 Å². The summed E-state index contributed by atoms with van der Waals surface area (Å²) < 4.78 is 33.7. The zero-order valence-corrected chi connectivity index (χ0v) is 17.5. The average molecular weight is 428 g/mol. The Morgan fingerprint density at radius 2 is 1.71 bits per heavy atom. The number of likely N-dealkylation sites (N-methyl/N-ethyl adjacent to an activating group) is 1. The van der Waals surface area contributed by atoms with Gasteiger partial charge in [-0.05, 0) is 43.4 Å². The molecule has 1 saturated heterocycles. The highest BCUT2D eigenvalue weighted by Crippen LogP contribution is 2.41. The molecule has 164 valence electrons.